The van der Waals surface area contributed by atoms with E-state index in [1.54, 1.807) is 19.1 Å². The van der Waals surface area contributed by atoms with Gasteiger partial charge < -0.3 is 14.4 Å². The number of halogens is 2. The first kappa shape index (κ1) is 19.6. The molecule has 0 saturated heterocycles. The van der Waals surface area contributed by atoms with Crippen molar-refractivity contribution in [1.29, 1.82) is 0 Å². The summed E-state index contributed by atoms with van der Waals surface area (Å²) in [5.74, 6) is 0.811. The Balaban J connectivity index is 0.00000220. The van der Waals surface area contributed by atoms with Crippen LogP contribution in [0.3, 0.4) is 0 Å². The van der Waals surface area contributed by atoms with Crippen molar-refractivity contribution in [2.45, 2.75) is 10.3 Å². The van der Waals surface area contributed by atoms with Crippen LogP contribution >= 0.6 is 38.5 Å². The van der Waals surface area contributed by atoms with E-state index in [1.165, 1.54) is 0 Å². The van der Waals surface area contributed by atoms with E-state index < -0.39 is 0 Å². The molecule has 7 heteroatoms. The van der Waals surface area contributed by atoms with Gasteiger partial charge in [-0.15, -0.1) is 17.3 Å². The van der Waals surface area contributed by atoms with Gasteiger partial charge in [-0.05, 0) is 12.1 Å². The minimum absolute atomic E-state index is 0. The van der Waals surface area contributed by atoms with Crippen LogP contribution in [-0.2, 0) is 42.2 Å². The first-order valence-corrected chi connectivity index (χ1v) is 8.02. The molecule has 111 valence electrons. The van der Waals surface area contributed by atoms with E-state index in [0.717, 1.165) is 15.7 Å². The molecule has 4 nitrogen and oxygen atoms in total. The van der Waals surface area contributed by atoms with Crippen molar-refractivity contribution >= 4 is 50.1 Å². The molecule has 0 N–H and O–H groups in total. The maximum atomic E-state index is 12.0. The van der Waals surface area contributed by atoms with Crippen molar-refractivity contribution in [3.05, 3.63) is 34.3 Å². The molecule has 1 aliphatic rings. The summed E-state index contributed by atoms with van der Waals surface area (Å²) in [5, 5.41) is 0. The zero-order valence-corrected chi connectivity index (χ0v) is 18.3. The zero-order chi connectivity index (χ0) is 14.7. The van der Waals surface area contributed by atoms with Crippen molar-refractivity contribution in [3.63, 3.8) is 0 Å². The molecule has 1 atom stereocenters. The molecule has 0 saturated carbocycles. The average molecular weight is 540 g/mol. The number of hydrogen-bond donors (Lipinski definition) is 0. The summed E-state index contributed by atoms with van der Waals surface area (Å²) in [4.78, 5) is 13.7. The van der Waals surface area contributed by atoms with Crippen LogP contribution in [0.1, 0.15) is 12.0 Å². The van der Waals surface area contributed by atoms with Crippen LogP contribution in [0.2, 0.25) is 0 Å². The van der Waals surface area contributed by atoms with Crippen LogP contribution in [0.5, 0.6) is 5.75 Å². The second-order valence-electron chi connectivity index (χ2n) is 4.29. The van der Waals surface area contributed by atoms with Gasteiger partial charge in [0.15, 0.2) is 6.79 Å². The maximum Gasteiger partial charge on any atom is 0.235 e. The number of methoxy groups -OCH3 is 1. The number of amides is 1. The monoisotopic (exact) mass is 539 g/mol. The summed E-state index contributed by atoms with van der Waals surface area (Å²) >= 11 is 5.66. The van der Waals surface area contributed by atoms with E-state index in [-0.39, 0.29) is 49.3 Å². The van der Waals surface area contributed by atoms with Gasteiger partial charge in [-0.25, -0.2) is 6.08 Å². The molecule has 21 heavy (non-hydrogen) atoms. The molecular formula is C14H14BrINO3Y-. The number of rotatable bonds is 4. The summed E-state index contributed by atoms with van der Waals surface area (Å²) in [6, 6.07) is 5.62. The Morgan fingerprint density at radius 2 is 2.24 bits per heavy atom. The molecule has 0 spiro atoms. The summed E-state index contributed by atoms with van der Waals surface area (Å²) in [7, 11) is 3.35. The van der Waals surface area contributed by atoms with Crippen molar-refractivity contribution in [2.24, 2.45) is 0 Å². The van der Waals surface area contributed by atoms with Gasteiger partial charge in [-0.1, -0.05) is 49.4 Å². The van der Waals surface area contributed by atoms with Crippen LogP contribution < -0.4 is 4.74 Å². The number of hydrogen-bond acceptors (Lipinski definition) is 3. The molecule has 1 aliphatic heterocycles. The van der Waals surface area contributed by atoms with Crippen LogP contribution in [0.4, 0.5) is 0 Å². The predicted octanol–water partition coefficient (Wildman–Crippen LogP) is 3.24. The number of carbonyl (C=O) groups is 1. The number of nitrogens with zero attached hydrogens (tertiary/aromatic N) is 1. The normalized spacial score (nSPS) is 18.1. The van der Waals surface area contributed by atoms with Crippen molar-refractivity contribution in [1.82, 2.24) is 4.90 Å². The summed E-state index contributed by atoms with van der Waals surface area (Å²) in [6.07, 6.45) is 3.92. The van der Waals surface area contributed by atoms with E-state index in [1.807, 2.05) is 18.2 Å². The van der Waals surface area contributed by atoms with E-state index in [4.69, 9.17) is 9.47 Å². The third kappa shape index (κ3) is 4.74. The van der Waals surface area contributed by atoms with Crippen LogP contribution in [0.25, 0.3) is 5.70 Å². The molecule has 0 aromatic heterocycles. The quantitative estimate of drug-likeness (QED) is 0.255. The van der Waals surface area contributed by atoms with Crippen LogP contribution in [-0.4, -0.2) is 35.7 Å². The fraction of sp³-hybridized carbons (Fsp3) is 0.357. The Labute approximate surface area is 171 Å². The molecule has 1 unspecified atom stereocenters. The Morgan fingerprint density at radius 1 is 1.52 bits per heavy atom. The molecule has 1 amide bonds. The number of allylic oxidation sites excluding steroid dienone is 1. The van der Waals surface area contributed by atoms with E-state index >= 15 is 0 Å². The predicted molar refractivity (Wildman–Crippen MR) is 88.5 cm³/mol. The molecule has 2 rings (SSSR count). The smallest absolute Gasteiger partial charge is 0.235 e. The van der Waals surface area contributed by atoms with Gasteiger partial charge in [0.1, 0.15) is 5.75 Å². The summed E-state index contributed by atoms with van der Waals surface area (Å²) in [5.41, 5.74) is 1.72. The minimum atomic E-state index is -0.0376. The van der Waals surface area contributed by atoms with Gasteiger partial charge in [0, 0.05) is 46.9 Å². The molecular weight excluding hydrogens is 526 g/mol. The first-order valence-electron chi connectivity index (χ1n) is 5.98. The molecule has 1 aromatic carbocycles. The molecule has 1 radical (unpaired) electrons. The Kier molecular flexibility index (Phi) is 8.34. The number of carbonyl (C=O) groups excluding carboxylic acids is 1. The fourth-order valence-corrected chi connectivity index (χ4v) is 3.08. The van der Waals surface area contributed by atoms with Gasteiger partial charge in [0.05, 0.1) is 3.92 Å². The number of alkyl halides is 1. The van der Waals surface area contributed by atoms with Crippen molar-refractivity contribution < 1.29 is 47.0 Å². The van der Waals surface area contributed by atoms with Crippen molar-refractivity contribution in [3.8, 4) is 5.75 Å². The third-order valence-corrected chi connectivity index (χ3v) is 4.55. The molecule has 1 aromatic rings. The second-order valence-corrected chi connectivity index (χ2v) is 6.64. The molecule has 0 fully saturated rings. The van der Waals surface area contributed by atoms with Gasteiger partial charge in [-0.3, -0.25) is 4.79 Å². The minimum Gasteiger partial charge on any atom is -0.468 e. The molecule has 1 heterocycles. The van der Waals surface area contributed by atoms with E-state index in [9.17, 15) is 4.79 Å². The van der Waals surface area contributed by atoms with Gasteiger partial charge in [0.2, 0.25) is 5.91 Å². The Hall–Kier alpha value is 0.504. The van der Waals surface area contributed by atoms with Gasteiger partial charge in [-0.2, -0.15) is 0 Å². The largest absolute Gasteiger partial charge is 0.468 e. The Bertz CT molecular complexity index is 553. The van der Waals surface area contributed by atoms with E-state index in [0.29, 0.717) is 12.2 Å². The molecule has 0 bridgehead atoms. The van der Waals surface area contributed by atoms with Crippen molar-refractivity contribution in [2.75, 3.05) is 21.0 Å². The summed E-state index contributed by atoms with van der Waals surface area (Å²) < 4.78 is 11.1. The van der Waals surface area contributed by atoms with Crippen LogP contribution in [0, 0.1) is 6.08 Å². The fourth-order valence-electron chi connectivity index (χ4n) is 1.89. The van der Waals surface area contributed by atoms with Gasteiger partial charge in [0.25, 0.3) is 0 Å². The number of benzene rings is 1. The third-order valence-electron chi connectivity index (χ3n) is 2.92. The topological polar surface area (TPSA) is 38.8 Å². The summed E-state index contributed by atoms with van der Waals surface area (Å²) in [6.45, 7) is 0.204. The second kappa shape index (κ2) is 8.96. The average Bonchev–Trinajstić information content (AvgIpc) is 2.44. The van der Waals surface area contributed by atoms with E-state index in [2.05, 4.69) is 44.6 Å². The maximum absolute atomic E-state index is 12.0. The van der Waals surface area contributed by atoms with Gasteiger partial charge >= 0.3 is 0 Å². The number of ether oxygens (including phenoxy) is 2. The first-order chi connectivity index (χ1) is 9.54. The molecule has 0 aliphatic carbocycles. The standard InChI is InChI=1S/C14H14BrINO3.Y/c1-17-13(6-5-12(16)14(17)18)10-4-3-9(7-11(10)15)20-8-19-2;/h3-4,7,12H,5,8H2,1-2H3;/q-1;. The Morgan fingerprint density at radius 3 is 2.86 bits per heavy atom. The SMILES string of the molecule is COCOc1ccc(C2=[C-]CC(I)C(=O)N2C)c(Br)c1.[Y]. The zero-order valence-electron chi connectivity index (χ0n) is 11.7. The van der Waals surface area contributed by atoms with Crippen LogP contribution in [0.15, 0.2) is 22.7 Å².